The van der Waals surface area contributed by atoms with Crippen LogP contribution in [0.25, 0.3) is 0 Å². The number of hydrogen-bond acceptors (Lipinski definition) is 4. The predicted molar refractivity (Wildman–Crippen MR) is 130 cm³/mol. The number of ether oxygens (including phenoxy) is 2. The van der Waals surface area contributed by atoms with E-state index in [1.807, 2.05) is 6.07 Å². The van der Waals surface area contributed by atoms with E-state index in [1.54, 1.807) is 14.2 Å². The van der Waals surface area contributed by atoms with Gasteiger partial charge in [0, 0.05) is 64.2 Å². The molecule has 180 valence electrons. The summed E-state index contributed by atoms with van der Waals surface area (Å²) in [6.07, 6.45) is 8.04. The molecule has 0 spiro atoms. The van der Waals surface area contributed by atoms with Crippen molar-refractivity contribution in [2.75, 3.05) is 40.5 Å². The van der Waals surface area contributed by atoms with Crippen LogP contribution in [0.15, 0.2) is 42.6 Å². The number of likely N-dealkylation sites (tertiary alicyclic amines) is 1. The lowest BCUT2D eigenvalue weighted by atomic mass is 9.87. The molecule has 6 heteroatoms. The van der Waals surface area contributed by atoms with E-state index < -0.39 is 0 Å². The Morgan fingerprint density at radius 2 is 1.91 bits per heavy atom. The molecule has 2 unspecified atom stereocenters. The van der Waals surface area contributed by atoms with E-state index in [0.717, 1.165) is 44.8 Å². The number of carbonyl (C=O) groups is 1. The molecule has 1 saturated carbocycles. The molecule has 0 bridgehead atoms. The van der Waals surface area contributed by atoms with Gasteiger partial charge in [-0.1, -0.05) is 31.4 Å². The molecule has 2 atom stereocenters. The largest absolute Gasteiger partial charge is 0.497 e. The molecule has 0 radical (unpaired) electrons. The SMILES string of the molecule is COCC(=O)N(CC1CN(Cc2cccn2C)CC1c1cccc(OC)c1)C1CCCCC1. The topological polar surface area (TPSA) is 46.9 Å². The first-order valence-electron chi connectivity index (χ1n) is 12.3. The van der Waals surface area contributed by atoms with E-state index in [4.69, 9.17) is 9.47 Å². The third-order valence-electron chi connectivity index (χ3n) is 7.51. The van der Waals surface area contributed by atoms with Crippen molar-refractivity contribution in [3.63, 3.8) is 0 Å². The molecule has 1 amide bonds. The minimum absolute atomic E-state index is 0.134. The number of carbonyl (C=O) groups excluding carboxylic acids is 1. The van der Waals surface area contributed by atoms with Crippen molar-refractivity contribution in [3.8, 4) is 5.75 Å². The zero-order chi connectivity index (χ0) is 23.2. The van der Waals surface area contributed by atoms with Gasteiger partial charge in [0.25, 0.3) is 0 Å². The maximum absolute atomic E-state index is 13.1. The van der Waals surface area contributed by atoms with Gasteiger partial charge < -0.3 is 18.9 Å². The van der Waals surface area contributed by atoms with Crippen LogP contribution in [0.1, 0.15) is 49.3 Å². The van der Waals surface area contributed by atoms with Crippen molar-refractivity contribution in [1.82, 2.24) is 14.4 Å². The zero-order valence-corrected chi connectivity index (χ0v) is 20.4. The van der Waals surface area contributed by atoms with Crippen molar-refractivity contribution >= 4 is 5.91 Å². The molecule has 2 aromatic rings. The van der Waals surface area contributed by atoms with Gasteiger partial charge in [-0.05, 0) is 48.6 Å². The number of methoxy groups -OCH3 is 2. The fourth-order valence-electron chi connectivity index (χ4n) is 5.72. The van der Waals surface area contributed by atoms with E-state index in [1.165, 1.54) is 30.5 Å². The van der Waals surface area contributed by atoms with Crippen LogP contribution in [0.5, 0.6) is 5.75 Å². The standard InChI is InChI=1S/C27H39N3O3/c1-28-14-8-12-24(28)18-29-16-22(26(19-29)21-9-7-13-25(15-21)33-3)17-30(27(31)20-32-2)23-10-5-4-6-11-23/h7-9,12-15,22-23,26H,4-6,10-11,16-20H2,1-3H3. The summed E-state index contributed by atoms with van der Waals surface area (Å²) in [5.74, 6) is 1.77. The number of nitrogens with zero attached hydrogens (tertiary/aromatic N) is 3. The van der Waals surface area contributed by atoms with E-state index in [0.29, 0.717) is 17.9 Å². The lowest BCUT2D eigenvalue weighted by Gasteiger charge is -2.37. The highest BCUT2D eigenvalue weighted by Gasteiger charge is 2.37. The average Bonchev–Trinajstić information content (AvgIpc) is 3.44. The van der Waals surface area contributed by atoms with E-state index in [-0.39, 0.29) is 12.5 Å². The Kier molecular flexibility index (Phi) is 8.10. The summed E-state index contributed by atoms with van der Waals surface area (Å²) in [5.41, 5.74) is 2.62. The molecular formula is C27H39N3O3. The molecule has 0 N–H and O–H groups in total. The summed E-state index contributed by atoms with van der Waals surface area (Å²) < 4.78 is 13.0. The molecule has 1 aromatic heterocycles. The minimum atomic E-state index is 0.134. The van der Waals surface area contributed by atoms with E-state index in [2.05, 4.69) is 57.9 Å². The highest BCUT2D eigenvalue weighted by Crippen LogP contribution is 2.36. The predicted octanol–water partition coefficient (Wildman–Crippen LogP) is 4.06. The number of rotatable bonds is 9. The van der Waals surface area contributed by atoms with Gasteiger partial charge in [0.15, 0.2) is 0 Å². The van der Waals surface area contributed by atoms with Crippen LogP contribution in [-0.4, -0.2) is 66.8 Å². The molecule has 6 nitrogen and oxygen atoms in total. The van der Waals surface area contributed by atoms with Gasteiger partial charge in [0.05, 0.1) is 7.11 Å². The van der Waals surface area contributed by atoms with Crippen molar-refractivity contribution in [2.45, 2.75) is 50.6 Å². The molecule has 4 rings (SSSR count). The maximum Gasteiger partial charge on any atom is 0.248 e. The van der Waals surface area contributed by atoms with E-state index >= 15 is 0 Å². The van der Waals surface area contributed by atoms with Crippen LogP contribution in [0, 0.1) is 5.92 Å². The summed E-state index contributed by atoms with van der Waals surface area (Å²) >= 11 is 0. The number of hydrogen-bond donors (Lipinski definition) is 0. The second-order valence-electron chi connectivity index (χ2n) is 9.72. The first kappa shape index (κ1) is 23.8. The van der Waals surface area contributed by atoms with Crippen LogP contribution >= 0.6 is 0 Å². The van der Waals surface area contributed by atoms with Gasteiger partial charge in [-0.2, -0.15) is 0 Å². The Morgan fingerprint density at radius 3 is 2.61 bits per heavy atom. The second-order valence-corrected chi connectivity index (χ2v) is 9.72. The van der Waals surface area contributed by atoms with Crippen LogP contribution in [-0.2, 0) is 23.1 Å². The number of aryl methyl sites for hydroxylation is 1. The molecule has 1 aliphatic heterocycles. The van der Waals surface area contributed by atoms with Gasteiger partial charge in [-0.15, -0.1) is 0 Å². The molecule has 1 aliphatic carbocycles. The second kappa shape index (κ2) is 11.2. The van der Waals surface area contributed by atoms with Crippen molar-refractivity contribution in [3.05, 3.63) is 53.9 Å². The Balaban J connectivity index is 1.57. The lowest BCUT2D eigenvalue weighted by Crippen LogP contribution is -2.46. The first-order chi connectivity index (χ1) is 16.1. The minimum Gasteiger partial charge on any atom is -0.497 e. The monoisotopic (exact) mass is 453 g/mol. The first-order valence-corrected chi connectivity index (χ1v) is 12.3. The lowest BCUT2D eigenvalue weighted by molar-refractivity contribution is -0.139. The summed E-state index contributed by atoms with van der Waals surface area (Å²) in [4.78, 5) is 17.8. The van der Waals surface area contributed by atoms with Gasteiger partial charge in [-0.25, -0.2) is 0 Å². The molecule has 2 fully saturated rings. The third kappa shape index (κ3) is 5.79. The zero-order valence-electron chi connectivity index (χ0n) is 20.4. The van der Waals surface area contributed by atoms with Crippen molar-refractivity contribution in [2.24, 2.45) is 13.0 Å². The van der Waals surface area contributed by atoms with Gasteiger partial charge >= 0.3 is 0 Å². The van der Waals surface area contributed by atoms with Gasteiger partial charge in [0.1, 0.15) is 12.4 Å². The Labute approximate surface area is 198 Å². The Hall–Kier alpha value is -2.31. The maximum atomic E-state index is 13.1. The molecule has 1 saturated heterocycles. The fourth-order valence-corrected chi connectivity index (χ4v) is 5.72. The fraction of sp³-hybridized carbons (Fsp3) is 0.593. The van der Waals surface area contributed by atoms with Crippen LogP contribution < -0.4 is 4.74 Å². The summed E-state index contributed by atoms with van der Waals surface area (Å²) in [6.45, 7) is 3.85. The van der Waals surface area contributed by atoms with Crippen molar-refractivity contribution < 1.29 is 14.3 Å². The summed E-state index contributed by atoms with van der Waals surface area (Å²) in [5, 5.41) is 0. The van der Waals surface area contributed by atoms with E-state index in [9.17, 15) is 4.79 Å². The summed E-state index contributed by atoms with van der Waals surface area (Å²) in [6, 6.07) is 13.1. The average molecular weight is 454 g/mol. The smallest absolute Gasteiger partial charge is 0.248 e. The van der Waals surface area contributed by atoms with Gasteiger partial charge in [0.2, 0.25) is 5.91 Å². The highest BCUT2D eigenvalue weighted by atomic mass is 16.5. The molecule has 2 heterocycles. The molecule has 33 heavy (non-hydrogen) atoms. The van der Waals surface area contributed by atoms with Gasteiger partial charge in [-0.3, -0.25) is 9.69 Å². The Morgan fingerprint density at radius 1 is 1.09 bits per heavy atom. The number of amides is 1. The van der Waals surface area contributed by atoms with Crippen molar-refractivity contribution in [1.29, 1.82) is 0 Å². The number of aromatic nitrogens is 1. The van der Waals surface area contributed by atoms with Crippen LogP contribution in [0.4, 0.5) is 0 Å². The Bertz CT molecular complexity index is 906. The molecular weight excluding hydrogens is 414 g/mol. The number of benzene rings is 1. The summed E-state index contributed by atoms with van der Waals surface area (Å²) in [7, 11) is 5.45. The highest BCUT2D eigenvalue weighted by molar-refractivity contribution is 5.77. The molecule has 1 aromatic carbocycles. The van der Waals surface area contributed by atoms with Crippen LogP contribution in [0.2, 0.25) is 0 Å². The molecule has 2 aliphatic rings. The van der Waals surface area contributed by atoms with Crippen LogP contribution in [0.3, 0.4) is 0 Å². The quantitative estimate of drug-likeness (QED) is 0.575. The third-order valence-corrected chi connectivity index (χ3v) is 7.51. The normalized spacial score (nSPS) is 21.9.